The van der Waals surface area contributed by atoms with E-state index in [9.17, 15) is 0 Å². The Bertz CT molecular complexity index is 2410. The largest absolute Gasteiger partial charge is 0.455 e. The molecule has 0 aromatic heterocycles. The molecule has 0 saturated heterocycles. The highest BCUT2D eigenvalue weighted by Gasteiger charge is 2.48. The number of hydrogen-bond donors (Lipinski definition) is 0. The van der Waals surface area contributed by atoms with E-state index in [1.165, 1.54) is 11.1 Å². The van der Waals surface area contributed by atoms with Gasteiger partial charge in [0.1, 0.15) is 28.3 Å². The Labute approximate surface area is 293 Å². The molecule has 7 aromatic rings. The van der Waals surface area contributed by atoms with E-state index in [0.717, 1.165) is 55.6 Å². The molecular weight excluding hydrogens is 631 g/mol. The van der Waals surface area contributed by atoms with Gasteiger partial charge in [0.15, 0.2) is 7.14 Å². The van der Waals surface area contributed by atoms with E-state index in [-0.39, 0.29) is 0 Å². The highest BCUT2D eigenvalue weighted by Crippen LogP contribution is 2.62. The molecule has 4 heteroatoms. The molecule has 2 heterocycles. The Balaban J connectivity index is 1.39. The molecule has 9 rings (SSSR count). The molecule has 2 aliphatic rings. The zero-order valence-corrected chi connectivity index (χ0v) is 29.3. The van der Waals surface area contributed by atoms with Crippen molar-refractivity contribution in [2.75, 3.05) is 0 Å². The number of ether oxygens (including phenoxy) is 2. The van der Waals surface area contributed by atoms with E-state index in [1.807, 2.05) is 48.5 Å². The zero-order valence-electron chi connectivity index (χ0n) is 28.5. The molecule has 0 unspecified atom stereocenters. The maximum absolute atomic E-state index is 16.5. The third kappa shape index (κ3) is 4.54. The van der Waals surface area contributed by atoms with Crippen molar-refractivity contribution in [1.82, 2.24) is 0 Å². The van der Waals surface area contributed by atoms with Gasteiger partial charge in [0.25, 0.3) is 0 Å². The summed E-state index contributed by atoms with van der Waals surface area (Å²) in [5.41, 5.74) is 12.7. The predicted octanol–water partition coefficient (Wildman–Crippen LogP) is 11.4. The van der Waals surface area contributed by atoms with Gasteiger partial charge in [0.05, 0.1) is 10.6 Å². The fraction of sp³-hybridized carbons (Fsp3) is 0.0870. The summed E-state index contributed by atoms with van der Waals surface area (Å²) in [5.74, 6) is 2.42. The molecule has 2 aliphatic heterocycles. The lowest BCUT2D eigenvalue weighted by Gasteiger charge is -2.37. The number of rotatable bonds is 4. The van der Waals surface area contributed by atoms with Crippen molar-refractivity contribution >= 4 is 23.1 Å². The van der Waals surface area contributed by atoms with Crippen LogP contribution in [-0.2, 0) is 4.57 Å². The molecule has 0 amide bonds. The van der Waals surface area contributed by atoms with Crippen molar-refractivity contribution in [2.45, 2.75) is 27.7 Å². The summed E-state index contributed by atoms with van der Waals surface area (Å²) in [4.78, 5) is 0. The first-order chi connectivity index (χ1) is 24.3. The molecule has 0 fully saturated rings. The van der Waals surface area contributed by atoms with Crippen LogP contribution in [0.2, 0.25) is 0 Å². The summed E-state index contributed by atoms with van der Waals surface area (Å²) in [7, 11) is -3.54. The molecule has 50 heavy (non-hydrogen) atoms. The van der Waals surface area contributed by atoms with Crippen molar-refractivity contribution in [1.29, 1.82) is 0 Å². The van der Waals surface area contributed by atoms with E-state index in [4.69, 9.17) is 9.47 Å². The lowest BCUT2D eigenvalue weighted by atomic mass is 9.92. The van der Waals surface area contributed by atoms with E-state index >= 15 is 4.57 Å². The maximum atomic E-state index is 16.5. The van der Waals surface area contributed by atoms with Crippen molar-refractivity contribution in [2.24, 2.45) is 0 Å². The highest BCUT2D eigenvalue weighted by atomic mass is 31.2. The maximum Gasteiger partial charge on any atom is 0.185 e. The van der Waals surface area contributed by atoms with Crippen LogP contribution < -0.4 is 25.4 Å². The van der Waals surface area contributed by atoms with Gasteiger partial charge in [-0.15, -0.1) is 0 Å². The minimum absolute atomic E-state index is 0.595. The second kappa shape index (κ2) is 11.5. The third-order valence-corrected chi connectivity index (χ3v) is 13.5. The number of hydrogen-bond acceptors (Lipinski definition) is 3. The van der Waals surface area contributed by atoms with Gasteiger partial charge >= 0.3 is 0 Å². The van der Waals surface area contributed by atoms with Gasteiger partial charge in [0.2, 0.25) is 0 Å². The van der Waals surface area contributed by atoms with E-state index in [2.05, 4.69) is 119 Å². The van der Waals surface area contributed by atoms with Crippen LogP contribution in [-0.4, -0.2) is 0 Å². The Morgan fingerprint density at radius 1 is 0.400 bits per heavy atom. The monoisotopic (exact) mass is 666 g/mol. The third-order valence-electron chi connectivity index (χ3n) is 10.3. The summed E-state index contributed by atoms with van der Waals surface area (Å²) in [6, 6.07) is 47.8. The summed E-state index contributed by atoms with van der Waals surface area (Å²) in [6.45, 7) is 8.45. The molecule has 3 nitrogen and oxygen atoms in total. The normalized spacial score (nSPS) is 13.4. The molecule has 0 spiro atoms. The van der Waals surface area contributed by atoms with Crippen molar-refractivity contribution in [3.8, 4) is 67.5 Å². The van der Waals surface area contributed by atoms with Crippen molar-refractivity contribution in [3.63, 3.8) is 0 Å². The number of fused-ring (bicyclic) bond motifs is 4. The summed E-state index contributed by atoms with van der Waals surface area (Å²) < 4.78 is 30.6. The molecule has 242 valence electrons. The number of benzene rings is 7. The molecular formula is C46H35O3P. The van der Waals surface area contributed by atoms with Crippen LogP contribution in [0.25, 0.3) is 44.5 Å². The second-order valence-corrected chi connectivity index (χ2v) is 16.0. The predicted molar refractivity (Wildman–Crippen MR) is 207 cm³/mol. The van der Waals surface area contributed by atoms with Crippen LogP contribution >= 0.6 is 7.14 Å². The SMILES string of the molecule is Cc1ccccc1-c1ccc2c(c1)Oc1c(-c3ccccc3C)cc(-c3ccccc3C)c3c1P2(=O)c1ccc(-c2ccccc2C)cc1O3. The highest BCUT2D eigenvalue weighted by molar-refractivity contribution is 7.86. The average Bonchev–Trinajstić information content (AvgIpc) is 3.12. The first kappa shape index (κ1) is 30.4. The minimum atomic E-state index is -3.54. The lowest BCUT2D eigenvalue weighted by molar-refractivity contribution is 0.464. The molecule has 0 N–H and O–H groups in total. The van der Waals surface area contributed by atoms with Crippen LogP contribution in [0.3, 0.4) is 0 Å². The Morgan fingerprint density at radius 3 is 1.14 bits per heavy atom. The van der Waals surface area contributed by atoms with Gasteiger partial charge in [-0.05, 0) is 114 Å². The van der Waals surface area contributed by atoms with Crippen molar-refractivity contribution < 1.29 is 14.0 Å². The summed E-state index contributed by atoms with van der Waals surface area (Å²) in [5, 5.41) is 2.01. The smallest absolute Gasteiger partial charge is 0.185 e. The molecule has 0 bridgehead atoms. The first-order valence-electron chi connectivity index (χ1n) is 17.0. The fourth-order valence-electron chi connectivity index (χ4n) is 7.71. The van der Waals surface area contributed by atoms with Crippen LogP contribution in [0.5, 0.6) is 23.0 Å². The van der Waals surface area contributed by atoms with Gasteiger partial charge in [-0.25, -0.2) is 0 Å². The molecule has 7 aromatic carbocycles. The van der Waals surface area contributed by atoms with Gasteiger partial charge in [0, 0.05) is 11.1 Å². The van der Waals surface area contributed by atoms with Crippen LogP contribution in [0, 0.1) is 27.7 Å². The molecule has 0 aliphatic carbocycles. The topological polar surface area (TPSA) is 35.5 Å². The molecule has 0 radical (unpaired) electrons. The van der Waals surface area contributed by atoms with E-state index in [1.54, 1.807) is 0 Å². The lowest BCUT2D eigenvalue weighted by Crippen LogP contribution is -2.35. The van der Waals surface area contributed by atoms with Crippen LogP contribution in [0.1, 0.15) is 22.3 Å². The van der Waals surface area contributed by atoms with E-state index < -0.39 is 7.14 Å². The first-order valence-corrected chi connectivity index (χ1v) is 18.7. The Hall–Kier alpha value is -5.63. The quantitative estimate of drug-likeness (QED) is 0.175. The van der Waals surface area contributed by atoms with E-state index in [0.29, 0.717) is 38.9 Å². The Morgan fingerprint density at radius 2 is 0.760 bits per heavy atom. The van der Waals surface area contributed by atoms with Gasteiger partial charge in [-0.2, -0.15) is 0 Å². The van der Waals surface area contributed by atoms with Gasteiger partial charge in [-0.3, -0.25) is 0 Å². The van der Waals surface area contributed by atoms with Gasteiger partial charge in [-0.1, -0.05) is 109 Å². The second-order valence-electron chi connectivity index (χ2n) is 13.4. The van der Waals surface area contributed by atoms with Crippen LogP contribution in [0.4, 0.5) is 0 Å². The van der Waals surface area contributed by atoms with Crippen molar-refractivity contribution in [3.05, 3.63) is 162 Å². The van der Waals surface area contributed by atoms with Crippen LogP contribution in [0.15, 0.2) is 140 Å². The summed E-state index contributed by atoms with van der Waals surface area (Å²) in [6.07, 6.45) is 0. The Kier molecular flexibility index (Phi) is 6.98. The minimum Gasteiger partial charge on any atom is -0.455 e. The summed E-state index contributed by atoms with van der Waals surface area (Å²) >= 11 is 0. The molecule has 0 saturated carbocycles. The number of aryl methyl sites for hydroxylation is 4. The molecule has 0 atom stereocenters. The van der Waals surface area contributed by atoms with Gasteiger partial charge < -0.3 is 14.0 Å². The average molecular weight is 667 g/mol. The standard InChI is InChI=1S/C46H35O3P/c1-28-13-5-9-17-34(28)32-21-23-42-40(25-32)48-44-38(36-19-11-7-15-30(36)3)27-39(37-20-12-8-16-31(37)4)45-46(44)50(42,47)43-24-22-33(26-41(43)49-45)35-18-10-6-14-29(35)2/h5-27H,1-4H3. The fourth-order valence-corrected chi connectivity index (χ4v) is 10.8. The zero-order chi connectivity index (χ0) is 34.1.